The van der Waals surface area contributed by atoms with E-state index in [2.05, 4.69) is 22.6 Å². The van der Waals surface area contributed by atoms with E-state index in [1.165, 1.54) is 7.11 Å². The zero-order valence-corrected chi connectivity index (χ0v) is 8.35. The maximum absolute atomic E-state index is 11.7. The molecule has 76 valence electrons. The molecule has 1 unspecified atom stereocenters. The summed E-state index contributed by atoms with van der Waals surface area (Å²) in [7, 11) is 1.47. The quantitative estimate of drug-likeness (QED) is 0.626. The molecule has 1 rings (SSSR count). The second kappa shape index (κ2) is 4.58. The van der Waals surface area contributed by atoms with Crippen LogP contribution in [0.4, 0.5) is 0 Å². The molecule has 0 radical (unpaired) electrons. The largest absolute Gasteiger partial charge is 0.316 e. The summed E-state index contributed by atoms with van der Waals surface area (Å²) in [5.74, 6) is 0.0156. The van der Waals surface area contributed by atoms with Gasteiger partial charge >= 0.3 is 0 Å². The Bertz CT molecular complexity index is 176. The number of nitrogens with one attached hydrogen (secondary N) is 2. The fraction of sp³-hybridized carbons (Fsp3) is 0.889. The van der Waals surface area contributed by atoms with Crippen LogP contribution in [-0.4, -0.2) is 26.1 Å². The van der Waals surface area contributed by atoms with Crippen molar-refractivity contribution in [3.8, 4) is 0 Å². The minimum atomic E-state index is -0.231. The van der Waals surface area contributed by atoms with Crippen LogP contribution in [0.2, 0.25) is 0 Å². The molecule has 0 bridgehead atoms. The smallest absolute Gasteiger partial charge is 0.251 e. The Morgan fingerprint density at radius 3 is 2.92 bits per heavy atom. The molecule has 4 nitrogen and oxygen atoms in total. The average Bonchev–Trinajstić information content (AvgIpc) is 2.55. The molecule has 0 saturated carbocycles. The number of amides is 1. The van der Waals surface area contributed by atoms with Crippen molar-refractivity contribution in [1.82, 2.24) is 10.8 Å². The normalized spacial score (nSPS) is 27.5. The topological polar surface area (TPSA) is 50.4 Å². The lowest BCUT2D eigenvalue weighted by Crippen LogP contribution is -2.42. The van der Waals surface area contributed by atoms with Gasteiger partial charge in [-0.25, -0.2) is 5.48 Å². The van der Waals surface area contributed by atoms with Crippen molar-refractivity contribution in [2.45, 2.75) is 26.2 Å². The highest BCUT2D eigenvalue weighted by molar-refractivity contribution is 5.82. The lowest BCUT2D eigenvalue weighted by molar-refractivity contribution is -0.141. The highest BCUT2D eigenvalue weighted by Gasteiger charge is 2.40. The molecular formula is C9H18N2O2. The molecule has 1 amide bonds. The van der Waals surface area contributed by atoms with E-state index in [-0.39, 0.29) is 11.3 Å². The van der Waals surface area contributed by atoms with Crippen LogP contribution >= 0.6 is 0 Å². The first-order valence-corrected chi connectivity index (χ1v) is 4.79. The third-order valence-electron chi connectivity index (χ3n) is 2.65. The fourth-order valence-electron chi connectivity index (χ4n) is 1.94. The second-order valence-electron chi connectivity index (χ2n) is 3.59. The molecule has 1 aliphatic rings. The van der Waals surface area contributed by atoms with Crippen molar-refractivity contribution >= 4 is 5.91 Å². The van der Waals surface area contributed by atoms with Gasteiger partial charge in [-0.2, -0.15) is 0 Å². The van der Waals surface area contributed by atoms with Crippen LogP contribution in [0.3, 0.4) is 0 Å². The number of hydrogen-bond donors (Lipinski definition) is 2. The summed E-state index contributed by atoms with van der Waals surface area (Å²) in [4.78, 5) is 16.3. The van der Waals surface area contributed by atoms with Crippen molar-refractivity contribution in [3.05, 3.63) is 0 Å². The Morgan fingerprint density at radius 2 is 2.46 bits per heavy atom. The van der Waals surface area contributed by atoms with Crippen molar-refractivity contribution in [2.75, 3.05) is 20.2 Å². The zero-order valence-electron chi connectivity index (χ0n) is 8.35. The summed E-state index contributed by atoms with van der Waals surface area (Å²) < 4.78 is 0. The monoisotopic (exact) mass is 186 g/mol. The van der Waals surface area contributed by atoms with E-state index in [4.69, 9.17) is 0 Å². The molecular weight excluding hydrogens is 168 g/mol. The number of rotatable bonds is 4. The number of carbonyl (C=O) groups is 1. The van der Waals surface area contributed by atoms with E-state index in [9.17, 15) is 4.79 Å². The van der Waals surface area contributed by atoms with E-state index in [1.807, 2.05) is 0 Å². The third-order valence-corrected chi connectivity index (χ3v) is 2.65. The van der Waals surface area contributed by atoms with Crippen LogP contribution in [-0.2, 0) is 9.63 Å². The standard InChI is InChI=1S/C9H18N2O2/c1-3-4-9(5-6-10-7-9)8(12)11-13-2/h10H,3-7H2,1-2H3,(H,11,12). The number of hydroxylamine groups is 1. The van der Waals surface area contributed by atoms with Crippen LogP contribution in [0.5, 0.6) is 0 Å². The Balaban J connectivity index is 2.60. The van der Waals surface area contributed by atoms with E-state index in [0.29, 0.717) is 0 Å². The van der Waals surface area contributed by atoms with Gasteiger partial charge in [0.2, 0.25) is 0 Å². The van der Waals surface area contributed by atoms with Crippen LogP contribution < -0.4 is 10.8 Å². The van der Waals surface area contributed by atoms with Crippen LogP contribution in [0.1, 0.15) is 26.2 Å². The molecule has 1 saturated heterocycles. The Hall–Kier alpha value is -0.610. The number of hydrogen-bond acceptors (Lipinski definition) is 3. The summed E-state index contributed by atoms with van der Waals surface area (Å²) in [5, 5.41) is 3.22. The molecule has 0 aromatic rings. The van der Waals surface area contributed by atoms with E-state index in [1.54, 1.807) is 0 Å². The first-order chi connectivity index (χ1) is 6.25. The second-order valence-corrected chi connectivity index (χ2v) is 3.59. The van der Waals surface area contributed by atoms with Crippen molar-refractivity contribution in [1.29, 1.82) is 0 Å². The third kappa shape index (κ3) is 2.19. The lowest BCUT2D eigenvalue weighted by atomic mass is 9.82. The lowest BCUT2D eigenvalue weighted by Gasteiger charge is -2.25. The predicted molar refractivity (Wildman–Crippen MR) is 50.0 cm³/mol. The molecule has 1 heterocycles. The summed E-state index contributed by atoms with van der Waals surface area (Å²) >= 11 is 0. The molecule has 4 heteroatoms. The van der Waals surface area contributed by atoms with Gasteiger partial charge in [-0.1, -0.05) is 13.3 Å². The molecule has 13 heavy (non-hydrogen) atoms. The summed E-state index contributed by atoms with van der Waals surface area (Å²) in [6, 6.07) is 0. The SMILES string of the molecule is CCCC1(C(=O)NOC)CCNC1. The van der Waals surface area contributed by atoms with Gasteiger partial charge in [0, 0.05) is 6.54 Å². The van der Waals surface area contributed by atoms with Crippen LogP contribution in [0.15, 0.2) is 0 Å². The minimum Gasteiger partial charge on any atom is -0.316 e. The molecule has 2 N–H and O–H groups in total. The fourth-order valence-corrected chi connectivity index (χ4v) is 1.94. The van der Waals surface area contributed by atoms with E-state index in [0.717, 1.165) is 32.4 Å². The summed E-state index contributed by atoms with van der Waals surface area (Å²) in [6.45, 7) is 3.80. The van der Waals surface area contributed by atoms with Gasteiger partial charge in [0.25, 0.3) is 5.91 Å². The molecule has 0 aromatic carbocycles. The molecule has 1 atom stereocenters. The van der Waals surface area contributed by atoms with Gasteiger partial charge in [0.15, 0.2) is 0 Å². The van der Waals surface area contributed by atoms with Crippen molar-refractivity contribution < 1.29 is 9.63 Å². The van der Waals surface area contributed by atoms with E-state index < -0.39 is 0 Å². The Kier molecular flexibility index (Phi) is 3.69. The first-order valence-electron chi connectivity index (χ1n) is 4.79. The highest BCUT2D eigenvalue weighted by Crippen LogP contribution is 2.31. The van der Waals surface area contributed by atoms with E-state index >= 15 is 0 Å². The maximum Gasteiger partial charge on any atom is 0.251 e. The summed E-state index contributed by atoms with van der Waals surface area (Å²) in [5.41, 5.74) is 2.20. The molecule has 0 spiro atoms. The Labute approximate surface area is 79.0 Å². The van der Waals surface area contributed by atoms with Crippen LogP contribution in [0, 0.1) is 5.41 Å². The zero-order chi connectivity index (χ0) is 9.73. The number of carbonyl (C=O) groups excluding carboxylic acids is 1. The van der Waals surface area contributed by atoms with Crippen molar-refractivity contribution in [3.63, 3.8) is 0 Å². The van der Waals surface area contributed by atoms with Gasteiger partial charge in [0.05, 0.1) is 12.5 Å². The van der Waals surface area contributed by atoms with Crippen LogP contribution in [0.25, 0.3) is 0 Å². The molecule has 0 aromatic heterocycles. The highest BCUT2D eigenvalue weighted by atomic mass is 16.6. The van der Waals surface area contributed by atoms with Gasteiger partial charge in [-0.05, 0) is 19.4 Å². The van der Waals surface area contributed by atoms with Gasteiger partial charge < -0.3 is 5.32 Å². The Morgan fingerprint density at radius 1 is 1.69 bits per heavy atom. The van der Waals surface area contributed by atoms with Crippen molar-refractivity contribution in [2.24, 2.45) is 5.41 Å². The average molecular weight is 186 g/mol. The maximum atomic E-state index is 11.7. The van der Waals surface area contributed by atoms with Gasteiger partial charge in [-0.3, -0.25) is 9.63 Å². The molecule has 1 aliphatic heterocycles. The van der Waals surface area contributed by atoms with Gasteiger partial charge in [-0.15, -0.1) is 0 Å². The minimum absolute atomic E-state index is 0.0156. The van der Waals surface area contributed by atoms with Gasteiger partial charge in [0.1, 0.15) is 0 Å². The molecule has 0 aliphatic carbocycles. The molecule has 1 fully saturated rings. The predicted octanol–water partition coefficient (Wildman–Crippen LogP) is 0.444. The summed E-state index contributed by atoms with van der Waals surface area (Å²) in [6.07, 6.45) is 2.87. The first kappa shape index (κ1) is 10.5.